The van der Waals surface area contributed by atoms with Crippen LogP contribution in [0, 0.1) is 5.92 Å². The Morgan fingerprint density at radius 3 is 2.94 bits per heavy atom. The van der Waals surface area contributed by atoms with Crippen molar-refractivity contribution in [2.45, 2.75) is 18.8 Å². The van der Waals surface area contributed by atoms with Crippen LogP contribution in [0.4, 0.5) is 4.39 Å². The van der Waals surface area contributed by atoms with Gasteiger partial charge in [-0.15, -0.1) is 0 Å². The van der Waals surface area contributed by atoms with Crippen molar-refractivity contribution >= 4 is 11.6 Å². The molecule has 0 radical (unpaired) electrons. The molecule has 2 atom stereocenters. The van der Waals surface area contributed by atoms with E-state index in [1.54, 1.807) is 6.07 Å². The van der Waals surface area contributed by atoms with Crippen molar-refractivity contribution in [2.75, 3.05) is 19.8 Å². The second-order valence-corrected chi connectivity index (χ2v) is 4.85. The lowest BCUT2D eigenvalue weighted by Crippen LogP contribution is -2.04. The van der Waals surface area contributed by atoms with E-state index in [2.05, 4.69) is 0 Å². The van der Waals surface area contributed by atoms with Crippen molar-refractivity contribution < 1.29 is 9.13 Å². The molecule has 1 aromatic carbocycles. The van der Waals surface area contributed by atoms with Crippen LogP contribution in [0.15, 0.2) is 18.2 Å². The topological polar surface area (TPSA) is 35.2 Å². The third kappa shape index (κ3) is 3.11. The van der Waals surface area contributed by atoms with Crippen molar-refractivity contribution in [2.24, 2.45) is 11.7 Å². The van der Waals surface area contributed by atoms with Gasteiger partial charge in [-0.05, 0) is 48.6 Å². The molecule has 0 amide bonds. The Labute approximate surface area is 106 Å². The Bertz CT molecular complexity index is 386. The highest BCUT2D eigenvalue weighted by molar-refractivity contribution is 6.30. The summed E-state index contributed by atoms with van der Waals surface area (Å²) < 4.78 is 17.6. The van der Waals surface area contributed by atoms with E-state index in [1.807, 2.05) is 12.1 Å². The van der Waals surface area contributed by atoms with Gasteiger partial charge in [-0.1, -0.05) is 11.6 Å². The lowest BCUT2D eigenvalue weighted by molar-refractivity contribution is 0.287. The van der Waals surface area contributed by atoms with Gasteiger partial charge in [0.05, 0.1) is 13.3 Å². The van der Waals surface area contributed by atoms with E-state index in [0.29, 0.717) is 36.4 Å². The van der Waals surface area contributed by atoms with Gasteiger partial charge in [0, 0.05) is 11.4 Å². The molecule has 0 aliphatic heterocycles. The number of nitrogens with two attached hydrogens (primary N) is 1. The zero-order valence-electron chi connectivity index (χ0n) is 9.66. The predicted octanol–water partition coefficient (Wildman–Crippen LogP) is 3.14. The molecule has 94 valence electrons. The van der Waals surface area contributed by atoms with Crippen molar-refractivity contribution in [1.29, 1.82) is 0 Å². The monoisotopic (exact) mass is 257 g/mol. The van der Waals surface area contributed by atoms with E-state index >= 15 is 0 Å². The summed E-state index contributed by atoms with van der Waals surface area (Å²) in [5.74, 6) is 1.82. The summed E-state index contributed by atoms with van der Waals surface area (Å²) in [6, 6.07) is 5.60. The Morgan fingerprint density at radius 2 is 2.29 bits per heavy atom. The fourth-order valence-electron chi connectivity index (χ4n) is 2.07. The predicted molar refractivity (Wildman–Crippen MR) is 67.4 cm³/mol. The maximum absolute atomic E-state index is 12.0. The first kappa shape index (κ1) is 12.7. The average Bonchev–Trinajstić information content (AvgIpc) is 3.10. The largest absolute Gasteiger partial charge is 0.493 e. The van der Waals surface area contributed by atoms with Gasteiger partial charge in [0.2, 0.25) is 0 Å². The summed E-state index contributed by atoms with van der Waals surface area (Å²) in [7, 11) is 0. The molecule has 0 aromatic heterocycles. The highest BCUT2D eigenvalue weighted by atomic mass is 35.5. The lowest BCUT2D eigenvalue weighted by Gasteiger charge is -2.11. The number of rotatable bonds is 6. The Balaban J connectivity index is 2.08. The van der Waals surface area contributed by atoms with Gasteiger partial charge in [0.1, 0.15) is 5.75 Å². The Kier molecular flexibility index (Phi) is 4.24. The standard InChI is InChI=1S/C13H17ClFNO/c14-10-2-3-13(17-5-1-4-15)12(7-10)11-6-9(11)8-16/h2-3,7,9,11H,1,4-6,8,16H2/t9-,11+/m1/s1. The van der Waals surface area contributed by atoms with Crippen LogP contribution in [0.2, 0.25) is 5.02 Å². The first-order chi connectivity index (χ1) is 8.26. The molecule has 2 nitrogen and oxygen atoms in total. The van der Waals surface area contributed by atoms with Crippen LogP contribution >= 0.6 is 11.6 Å². The average molecular weight is 258 g/mol. The van der Waals surface area contributed by atoms with Gasteiger partial charge in [0.25, 0.3) is 0 Å². The van der Waals surface area contributed by atoms with Crippen LogP contribution in [0.25, 0.3) is 0 Å². The molecule has 0 saturated heterocycles. The summed E-state index contributed by atoms with van der Waals surface area (Å²) in [4.78, 5) is 0. The Hall–Kier alpha value is -0.800. The zero-order valence-corrected chi connectivity index (χ0v) is 10.4. The first-order valence-electron chi connectivity index (χ1n) is 5.94. The lowest BCUT2D eigenvalue weighted by atomic mass is 10.1. The van der Waals surface area contributed by atoms with Gasteiger partial charge < -0.3 is 10.5 Å². The third-order valence-electron chi connectivity index (χ3n) is 3.13. The summed E-state index contributed by atoms with van der Waals surface area (Å²) in [5, 5.41) is 0.709. The van der Waals surface area contributed by atoms with E-state index in [1.165, 1.54) is 0 Å². The van der Waals surface area contributed by atoms with Crippen LogP contribution in [0.5, 0.6) is 5.75 Å². The maximum Gasteiger partial charge on any atom is 0.122 e. The number of benzene rings is 1. The van der Waals surface area contributed by atoms with Gasteiger partial charge in [-0.25, -0.2) is 0 Å². The zero-order chi connectivity index (χ0) is 12.3. The summed E-state index contributed by atoms with van der Waals surface area (Å²) in [6.45, 7) is 0.754. The highest BCUT2D eigenvalue weighted by Gasteiger charge is 2.38. The van der Waals surface area contributed by atoms with E-state index in [4.69, 9.17) is 22.1 Å². The number of hydrogen-bond donors (Lipinski definition) is 1. The normalized spacial score (nSPS) is 22.5. The fourth-order valence-corrected chi connectivity index (χ4v) is 2.25. The number of hydrogen-bond acceptors (Lipinski definition) is 2. The van der Waals surface area contributed by atoms with Crippen LogP contribution < -0.4 is 10.5 Å². The molecular weight excluding hydrogens is 241 g/mol. The van der Waals surface area contributed by atoms with Crippen molar-refractivity contribution in [3.8, 4) is 5.75 Å². The molecule has 0 unspecified atom stereocenters. The molecular formula is C13H17ClFNO. The quantitative estimate of drug-likeness (QED) is 0.795. The molecule has 4 heteroatoms. The van der Waals surface area contributed by atoms with E-state index in [0.717, 1.165) is 17.7 Å². The second-order valence-electron chi connectivity index (χ2n) is 4.41. The minimum absolute atomic E-state index is 0.349. The number of ether oxygens (including phenoxy) is 1. The molecule has 1 aliphatic carbocycles. The molecule has 1 aliphatic rings. The van der Waals surface area contributed by atoms with Gasteiger partial charge in [0.15, 0.2) is 0 Å². The molecule has 0 bridgehead atoms. The SMILES string of the molecule is NC[C@H]1C[C@@H]1c1cc(Cl)ccc1OCCCF. The number of alkyl halides is 1. The summed E-state index contributed by atoms with van der Waals surface area (Å²) in [6.07, 6.45) is 1.52. The van der Waals surface area contributed by atoms with E-state index in [-0.39, 0.29) is 6.67 Å². The van der Waals surface area contributed by atoms with Gasteiger partial charge in [-0.2, -0.15) is 0 Å². The van der Waals surface area contributed by atoms with Crippen LogP contribution in [0.1, 0.15) is 24.3 Å². The Morgan fingerprint density at radius 1 is 1.47 bits per heavy atom. The fraction of sp³-hybridized carbons (Fsp3) is 0.538. The van der Waals surface area contributed by atoms with Crippen molar-refractivity contribution in [3.63, 3.8) is 0 Å². The van der Waals surface area contributed by atoms with Crippen molar-refractivity contribution in [1.82, 2.24) is 0 Å². The smallest absolute Gasteiger partial charge is 0.122 e. The molecule has 0 heterocycles. The molecule has 1 saturated carbocycles. The maximum atomic E-state index is 12.0. The van der Waals surface area contributed by atoms with E-state index in [9.17, 15) is 4.39 Å². The van der Waals surface area contributed by atoms with Crippen LogP contribution in [-0.4, -0.2) is 19.8 Å². The van der Waals surface area contributed by atoms with Crippen LogP contribution in [0.3, 0.4) is 0 Å². The number of halogens is 2. The molecule has 2 rings (SSSR count). The molecule has 1 fully saturated rings. The first-order valence-corrected chi connectivity index (χ1v) is 6.32. The van der Waals surface area contributed by atoms with Crippen LogP contribution in [-0.2, 0) is 0 Å². The minimum atomic E-state index is -0.349. The molecule has 2 N–H and O–H groups in total. The second kappa shape index (κ2) is 5.69. The van der Waals surface area contributed by atoms with Crippen molar-refractivity contribution in [3.05, 3.63) is 28.8 Å². The van der Waals surface area contributed by atoms with E-state index < -0.39 is 0 Å². The summed E-state index contributed by atoms with van der Waals surface area (Å²) >= 11 is 5.99. The minimum Gasteiger partial charge on any atom is -0.493 e. The molecule has 1 aromatic rings. The third-order valence-corrected chi connectivity index (χ3v) is 3.37. The van der Waals surface area contributed by atoms with Gasteiger partial charge in [-0.3, -0.25) is 4.39 Å². The highest BCUT2D eigenvalue weighted by Crippen LogP contribution is 2.50. The van der Waals surface area contributed by atoms with Gasteiger partial charge >= 0.3 is 0 Å². The molecule has 0 spiro atoms. The molecule has 17 heavy (non-hydrogen) atoms. The summed E-state index contributed by atoms with van der Waals surface area (Å²) in [5.41, 5.74) is 6.77.